The van der Waals surface area contributed by atoms with Crippen LogP contribution in [-0.2, 0) is 0 Å². The second kappa shape index (κ2) is 4.81. The van der Waals surface area contributed by atoms with Crippen LogP contribution in [0.2, 0.25) is 0 Å². The van der Waals surface area contributed by atoms with Gasteiger partial charge >= 0.3 is 0 Å². The Morgan fingerprint density at radius 3 is 2.57 bits per heavy atom. The van der Waals surface area contributed by atoms with Crippen molar-refractivity contribution in [3.8, 4) is 17.0 Å². The van der Waals surface area contributed by atoms with Crippen LogP contribution < -0.4 is 10.5 Å². The Hall–Kier alpha value is -2.49. The van der Waals surface area contributed by atoms with Crippen molar-refractivity contribution in [2.24, 2.45) is 0 Å². The van der Waals surface area contributed by atoms with Crippen LogP contribution in [0.1, 0.15) is 16.7 Å². The maximum Gasteiger partial charge on any atom is 0.139 e. The minimum atomic E-state index is 0.636. The predicted octanol–water partition coefficient (Wildman–Crippen LogP) is 3.52. The summed E-state index contributed by atoms with van der Waals surface area (Å²) in [6, 6.07) is 8.17. The minimum absolute atomic E-state index is 0.636. The van der Waals surface area contributed by atoms with Crippen LogP contribution >= 0.6 is 0 Å². The monoisotopic (exact) mass is 281 g/mol. The summed E-state index contributed by atoms with van der Waals surface area (Å²) in [4.78, 5) is 4.67. The number of rotatable bonds is 2. The molecule has 0 saturated carbocycles. The maximum atomic E-state index is 6.31. The molecule has 0 aliphatic heterocycles. The average Bonchev–Trinajstić information content (AvgIpc) is 2.75. The van der Waals surface area contributed by atoms with Gasteiger partial charge in [-0.1, -0.05) is 12.1 Å². The van der Waals surface area contributed by atoms with E-state index >= 15 is 0 Å². The van der Waals surface area contributed by atoms with Gasteiger partial charge in [-0.3, -0.25) is 4.40 Å². The summed E-state index contributed by atoms with van der Waals surface area (Å²) in [5, 5.41) is 0. The number of imidazole rings is 1. The highest BCUT2D eigenvalue weighted by molar-refractivity contribution is 5.80. The van der Waals surface area contributed by atoms with Gasteiger partial charge in [0.25, 0.3) is 0 Å². The molecule has 0 bridgehead atoms. The number of pyridine rings is 1. The zero-order valence-corrected chi connectivity index (χ0v) is 12.8. The van der Waals surface area contributed by atoms with Crippen LogP contribution in [-0.4, -0.2) is 16.5 Å². The molecular formula is C17H19N3O. The molecule has 0 fully saturated rings. The van der Waals surface area contributed by atoms with Crippen molar-refractivity contribution in [3.05, 3.63) is 47.2 Å². The van der Waals surface area contributed by atoms with Crippen molar-refractivity contribution < 1.29 is 4.74 Å². The molecule has 1 aromatic carbocycles. The highest BCUT2D eigenvalue weighted by Gasteiger charge is 2.17. The number of aromatic nitrogens is 2. The standard InChI is InChI=1S/C17H19N3O/c1-10-5-6-14-19-15(17(18)20(14)9-10)13-8-11(2)7-12(3)16(13)21-4/h5-9H,18H2,1-4H3. The Balaban J connectivity index is 2.33. The van der Waals surface area contributed by atoms with Gasteiger partial charge < -0.3 is 10.5 Å². The third kappa shape index (κ3) is 2.13. The van der Waals surface area contributed by atoms with Crippen LogP contribution in [0, 0.1) is 20.8 Å². The van der Waals surface area contributed by atoms with Gasteiger partial charge in [0.1, 0.15) is 22.9 Å². The predicted molar refractivity (Wildman–Crippen MR) is 85.8 cm³/mol. The van der Waals surface area contributed by atoms with Gasteiger partial charge in [0.15, 0.2) is 0 Å². The number of methoxy groups -OCH3 is 1. The van der Waals surface area contributed by atoms with E-state index in [0.29, 0.717) is 5.82 Å². The molecule has 21 heavy (non-hydrogen) atoms. The van der Waals surface area contributed by atoms with Crippen LogP contribution in [0.15, 0.2) is 30.5 Å². The van der Waals surface area contributed by atoms with E-state index in [1.54, 1.807) is 7.11 Å². The Morgan fingerprint density at radius 1 is 1.10 bits per heavy atom. The lowest BCUT2D eigenvalue weighted by molar-refractivity contribution is 0.413. The lowest BCUT2D eigenvalue weighted by Gasteiger charge is -2.11. The lowest BCUT2D eigenvalue weighted by Crippen LogP contribution is -1.97. The smallest absolute Gasteiger partial charge is 0.139 e. The summed E-state index contributed by atoms with van der Waals surface area (Å²) < 4.78 is 7.47. The van der Waals surface area contributed by atoms with E-state index < -0.39 is 0 Å². The van der Waals surface area contributed by atoms with Crippen LogP contribution in [0.5, 0.6) is 5.75 Å². The van der Waals surface area contributed by atoms with Gasteiger partial charge in [-0.15, -0.1) is 0 Å². The molecule has 0 radical (unpaired) electrons. The Morgan fingerprint density at radius 2 is 1.86 bits per heavy atom. The highest BCUT2D eigenvalue weighted by atomic mass is 16.5. The molecule has 0 unspecified atom stereocenters. The first-order valence-corrected chi connectivity index (χ1v) is 6.91. The molecule has 0 aliphatic rings. The number of aryl methyl sites for hydroxylation is 3. The van der Waals surface area contributed by atoms with E-state index in [1.807, 2.05) is 36.6 Å². The second-order valence-corrected chi connectivity index (χ2v) is 5.44. The number of nitrogens with two attached hydrogens (primary N) is 1. The molecule has 2 N–H and O–H groups in total. The quantitative estimate of drug-likeness (QED) is 0.782. The van der Waals surface area contributed by atoms with Gasteiger partial charge in [0.05, 0.1) is 7.11 Å². The molecule has 2 heterocycles. The molecule has 0 spiro atoms. The number of ether oxygens (including phenoxy) is 1. The van der Waals surface area contributed by atoms with E-state index in [9.17, 15) is 0 Å². The normalized spacial score (nSPS) is 11.0. The number of nitrogens with zero attached hydrogens (tertiary/aromatic N) is 2. The summed E-state index contributed by atoms with van der Waals surface area (Å²) in [5.41, 5.74) is 12.2. The molecular weight excluding hydrogens is 262 g/mol. The number of hydrogen-bond donors (Lipinski definition) is 1. The van der Waals surface area contributed by atoms with E-state index in [2.05, 4.69) is 24.0 Å². The molecule has 2 aromatic heterocycles. The average molecular weight is 281 g/mol. The Bertz CT molecular complexity index is 834. The second-order valence-electron chi connectivity index (χ2n) is 5.44. The first kappa shape index (κ1) is 13.5. The molecule has 3 aromatic rings. The summed E-state index contributed by atoms with van der Waals surface area (Å²) in [7, 11) is 1.68. The summed E-state index contributed by atoms with van der Waals surface area (Å²) in [6.45, 7) is 6.13. The third-order valence-electron chi connectivity index (χ3n) is 3.68. The van der Waals surface area contributed by atoms with Crippen molar-refractivity contribution in [2.45, 2.75) is 20.8 Å². The topological polar surface area (TPSA) is 52.5 Å². The molecule has 4 nitrogen and oxygen atoms in total. The fourth-order valence-corrected chi connectivity index (χ4v) is 2.77. The number of fused-ring (bicyclic) bond motifs is 1. The van der Waals surface area contributed by atoms with Gasteiger partial charge in [-0.05, 0) is 49.6 Å². The number of nitrogen functional groups attached to an aromatic ring is 1. The largest absolute Gasteiger partial charge is 0.496 e. The van der Waals surface area contributed by atoms with Crippen molar-refractivity contribution in [3.63, 3.8) is 0 Å². The SMILES string of the molecule is COc1c(C)cc(C)cc1-c1nc2ccc(C)cn2c1N. The number of benzene rings is 1. The van der Waals surface area contributed by atoms with Crippen LogP contribution in [0.4, 0.5) is 5.82 Å². The first-order chi connectivity index (χ1) is 10.0. The fraction of sp³-hybridized carbons (Fsp3) is 0.235. The summed E-state index contributed by atoms with van der Waals surface area (Å²) in [6.07, 6.45) is 2.00. The molecule has 0 amide bonds. The van der Waals surface area contributed by atoms with E-state index in [4.69, 9.17) is 10.5 Å². The van der Waals surface area contributed by atoms with E-state index in [1.165, 1.54) is 0 Å². The molecule has 0 atom stereocenters. The highest BCUT2D eigenvalue weighted by Crippen LogP contribution is 2.36. The third-order valence-corrected chi connectivity index (χ3v) is 3.68. The molecule has 0 aliphatic carbocycles. The molecule has 3 rings (SSSR count). The maximum absolute atomic E-state index is 6.31. The molecule has 108 valence electrons. The van der Waals surface area contributed by atoms with Crippen molar-refractivity contribution in [2.75, 3.05) is 12.8 Å². The Labute approximate surface area is 124 Å². The van der Waals surface area contributed by atoms with Crippen molar-refractivity contribution >= 4 is 11.5 Å². The van der Waals surface area contributed by atoms with Gasteiger partial charge in [0.2, 0.25) is 0 Å². The first-order valence-electron chi connectivity index (χ1n) is 6.91. The summed E-state index contributed by atoms with van der Waals surface area (Å²) >= 11 is 0. The van der Waals surface area contributed by atoms with Crippen LogP contribution in [0.3, 0.4) is 0 Å². The number of hydrogen-bond acceptors (Lipinski definition) is 3. The van der Waals surface area contributed by atoms with Crippen molar-refractivity contribution in [1.29, 1.82) is 0 Å². The number of anilines is 1. The van der Waals surface area contributed by atoms with E-state index in [0.717, 1.165) is 39.3 Å². The lowest BCUT2D eigenvalue weighted by atomic mass is 10.0. The van der Waals surface area contributed by atoms with Gasteiger partial charge in [-0.2, -0.15) is 0 Å². The van der Waals surface area contributed by atoms with E-state index in [-0.39, 0.29) is 0 Å². The zero-order chi connectivity index (χ0) is 15.1. The minimum Gasteiger partial charge on any atom is -0.496 e. The van der Waals surface area contributed by atoms with Gasteiger partial charge in [0, 0.05) is 11.8 Å². The molecule has 4 heteroatoms. The van der Waals surface area contributed by atoms with Crippen molar-refractivity contribution in [1.82, 2.24) is 9.38 Å². The summed E-state index contributed by atoms with van der Waals surface area (Å²) in [5.74, 6) is 1.46. The fourth-order valence-electron chi connectivity index (χ4n) is 2.77. The Kier molecular flexibility index (Phi) is 3.09. The zero-order valence-electron chi connectivity index (χ0n) is 12.8. The van der Waals surface area contributed by atoms with Crippen LogP contribution in [0.25, 0.3) is 16.9 Å². The molecule has 0 saturated heterocycles. The van der Waals surface area contributed by atoms with Gasteiger partial charge in [-0.25, -0.2) is 4.98 Å².